The molecule has 0 aliphatic heterocycles. The van der Waals surface area contributed by atoms with E-state index in [1.165, 1.54) is 18.2 Å². The number of nitrogens with zero attached hydrogens (tertiary/aromatic N) is 2. The molecule has 0 spiro atoms. The van der Waals surface area contributed by atoms with E-state index in [2.05, 4.69) is 5.32 Å². The maximum absolute atomic E-state index is 10.7. The molecule has 1 rings (SSSR count). The Morgan fingerprint density at radius 2 is 1.95 bits per heavy atom. The predicted octanol–water partition coefficient (Wildman–Crippen LogP) is 2.43. The van der Waals surface area contributed by atoms with E-state index in [1.807, 2.05) is 6.07 Å². The van der Waals surface area contributed by atoms with E-state index in [4.69, 9.17) is 5.26 Å². The second kappa shape index (κ2) is 4.86. The Morgan fingerprint density at radius 1 is 1.37 bits per heavy atom. The summed E-state index contributed by atoms with van der Waals surface area (Å²) in [6, 6.07) is 5.93. The van der Waals surface area contributed by atoms with Gasteiger partial charge in [-0.3, -0.25) is 10.1 Å². The SMILES string of the molecule is CC(C)(O)C(C)(C)Nc1ccc([N+](=O)[O-])cc1C#N. The summed E-state index contributed by atoms with van der Waals surface area (Å²) in [6.45, 7) is 6.88. The first-order chi connectivity index (χ1) is 8.58. The lowest BCUT2D eigenvalue weighted by atomic mass is 9.85. The maximum atomic E-state index is 10.7. The third-order valence-electron chi connectivity index (χ3n) is 3.31. The maximum Gasteiger partial charge on any atom is 0.270 e. The lowest BCUT2D eigenvalue weighted by Gasteiger charge is -2.39. The van der Waals surface area contributed by atoms with Gasteiger partial charge in [0.25, 0.3) is 5.69 Å². The van der Waals surface area contributed by atoms with Gasteiger partial charge in [-0.15, -0.1) is 0 Å². The highest BCUT2D eigenvalue weighted by atomic mass is 16.6. The van der Waals surface area contributed by atoms with Crippen LogP contribution in [0.3, 0.4) is 0 Å². The van der Waals surface area contributed by atoms with Crippen LogP contribution in [-0.2, 0) is 0 Å². The molecule has 0 aliphatic carbocycles. The average Bonchev–Trinajstić information content (AvgIpc) is 2.27. The molecule has 19 heavy (non-hydrogen) atoms. The number of anilines is 1. The third-order valence-corrected chi connectivity index (χ3v) is 3.31. The van der Waals surface area contributed by atoms with Gasteiger partial charge < -0.3 is 10.4 Å². The zero-order chi connectivity index (χ0) is 14.8. The van der Waals surface area contributed by atoms with E-state index in [0.29, 0.717) is 5.69 Å². The molecule has 2 N–H and O–H groups in total. The Hall–Kier alpha value is -2.13. The first-order valence-electron chi connectivity index (χ1n) is 5.77. The lowest BCUT2D eigenvalue weighted by Crippen LogP contribution is -2.51. The normalized spacial score (nSPS) is 11.8. The molecule has 0 atom stereocenters. The van der Waals surface area contributed by atoms with Crippen molar-refractivity contribution in [1.29, 1.82) is 5.26 Å². The number of benzene rings is 1. The third kappa shape index (κ3) is 3.20. The van der Waals surface area contributed by atoms with Crippen LogP contribution in [0.1, 0.15) is 33.3 Å². The van der Waals surface area contributed by atoms with E-state index >= 15 is 0 Å². The molecular formula is C13H17N3O3. The first kappa shape index (κ1) is 14.9. The Morgan fingerprint density at radius 3 is 2.37 bits per heavy atom. The van der Waals surface area contributed by atoms with Crippen molar-refractivity contribution in [2.75, 3.05) is 5.32 Å². The van der Waals surface area contributed by atoms with Gasteiger partial charge in [0.2, 0.25) is 0 Å². The second-order valence-corrected chi connectivity index (χ2v) is 5.41. The van der Waals surface area contributed by atoms with Crippen LogP contribution in [0.15, 0.2) is 18.2 Å². The number of rotatable bonds is 4. The van der Waals surface area contributed by atoms with Gasteiger partial charge in [-0.25, -0.2) is 0 Å². The molecule has 6 heteroatoms. The van der Waals surface area contributed by atoms with Gasteiger partial charge in [-0.05, 0) is 33.8 Å². The van der Waals surface area contributed by atoms with Crippen molar-refractivity contribution in [1.82, 2.24) is 0 Å². The van der Waals surface area contributed by atoms with E-state index in [-0.39, 0.29) is 11.3 Å². The molecule has 0 fully saturated rings. The fraction of sp³-hybridized carbons (Fsp3) is 0.462. The summed E-state index contributed by atoms with van der Waals surface area (Å²) in [4.78, 5) is 10.1. The number of aliphatic hydroxyl groups is 1. The molecule has 0 aliphatic rings. The molecular weight excluding hydrogens is 246 g/mol. The topological polar surface area (TPSA) is 99.2 Å². The van der Waals surface area contributed by atoms with Gasteiger partial charge in [0, 0.05) is 12.1 Å². The van der Waals surface area contributed by atoms with Crippen molar-refractivity contribution in [3.8, 4) is 6.07 Å². The molecule has 0 unspecified atom stereocenters. The molecule has 0 aromatic heterocycles. The van der Waals surface area contributed by atoms with Gasteiger partial charge in [0.05, 0.1) is 27.3 Å². The zero-order valence-electron chi connectivity index (χ0n) is 11.4. The van der Waals surface area contributed by atoms with E-state index < -0.39 is 16.1 Å². The molecule has 0 radical (unpaired) electrons. The molecule has 102 valence electrons. The Bertz CT molecular complexity index is 539. The smallest absolute Gasteiger partial charge is 0.270 e. The number of non-ortho nitro benzene ring substituents is 1. The van der Waals surface area contributed by atoms with E-state index in [0.717, 1.165) is 0 Å². The minimum absolute atomic E-state index is 0.136. The highest BCUT2D eigenvalue weighted by molar-refractivity contribution is 5.62. The predicted molar refractivity (Wildman–Crippen MR) is 71.8 cm³/mol. The van der Waals surface area contributed by atoms with Crippen LogP contribution in [0.5, 0.6) is 0 Å². The van der Waals surface area contributed by atoms with Gasteiger partial charge in [0.15, 0.2) is 0 Å². The lowest BCUT2D eigenvalue weighted by molar-refractivity contribution is -0.384. The van der Waals surface area contributed by atoms with Crippen molar-refractivity contribution in [2.24, 2.45) is 0 Å². The van der Waals surface area contributed by atoms with Crippen LogP contribution >= 0.6 is 0 Å². The molecule has 1 aromatic carbocycles. The van der Waals surface area contributed by atoms with Crippen LogP contribution in [0.4, 0.5) is 11.4 Å². The molecule has 0 heterocycles. The van der Waals surface area contributed by atoms with Crippen LogP contribution in [0.2, 0.25) is 0 Å². The fourth-order valence-electron chi connectivity index (χ4n) is 1.34. The fourth-order valence-corrected chi connectivity index (χ4v) is 1.34. The van der Waals surface area contributed by atoms with Crippen LogP contribution in [0, 0.1) is 21.4 Å². The molecule has 0 saturated carbocycles. The van der Waals surface area contributed by atoms with E-state index in [1.54, 1.807) is 27.7 Å². The standard InChI is InChI=1S/C13H17N3O3/c1-12(2,13(3,4)17)15-11-6-5-10(16(18)19)7-9(11)8-14/h5-7,15,17H,1-4H3. The van der Waals surface area contributed by atoms with Gasteiger partial charge in [-0.2, -0.15) is 5.26 Å². The highest BCUT2D eigenvalue weighted by Gasteiger charge is 2.35. The Balaban J connectivity index is 3.17. The van der Waals surface area contributed by atoms with Gasteiger partial charge >= 0.3 is 0 Å². The largest absolute Gasteiger partial charge is 0.388 e. The molecule has 0 bridgehead atoms. The average molecular weight is 263 g/mol. The van der Waals surface area contributed by atoms with Crippen molar-refractivity contribution >= 4 is 11.4 Å². The molecule has 6 nitrogen and oxygen atoms in total. The van der Waals surface area contributed by atoms with Crippen molar-refractivity contribution in [3.05, 3.63) is 33.9 Å². The van der Waals surface area contributed by atoms with Crippen molar-refractivity contribution in [2.45, 2.75) is 38.8 Å². The monoisotopic (exact) mass is 263 g/mol. The summed E-state index contributed by atoms with van der Waals surface area (Å²) < 4.78 is 0. The summed E-state index contributed by atoms with van der Waals surface area (Å²) in [7, 11) is 0. The molecule has 1 aromatic rings. The molecule has 0 amide bonds. The summed E-state index contributed by atoms with van der Waals surface area (Å²) in [5.74, 6) is 0. The second-order valence-electron chi connectivity index (χ2n) is 5.41. The number of hydrogen-bond acceptors (Lipinski definition) is 5. The number of nitro groups is 1. The van der Waals surface area contributed by atoms with Crippen LogP contribution < -0.4 is 5.32 Å². The van der Waals surface area contributed by atoms with Gasteiger partial charge in [-0.1, -0.05) is 0 Å². The van der Waals surface area contributed by atoms with Crippen molar-refractivity contribution in [3.63, 3.8) is 0 Å². The number of nitrogens with one attached hydrogen (secondary N) is 1. The quantitative estimate of drug-likeness (QED) is 0.642. The number of hydrogen-bond donors (Lipinski definition) is 2. The summed E-state index contributed by atoms with van der Waals surface area (Å²) >= 11 is 0. The number of nitro benzene ring substituents is 1. The van der Waals surface area contributed by atoms with Crippen LogP contribution in [0.25, 0.3) is 0 Å². The minimum Gasteiger partial charge on any atom is -0.388 e. The Kier molecular flexibility index (Phi) is 3.82. The summed E-state index contributed by atoms with van der Waals surface area (Å²) in [5, 5.41) is 32.8. The first-order valence-corrected chi connectivity index (χ1v) is 5.77. The summed E-state index contributed by atoms with van der Waals surface area (Å²) in [6.07, 6.45) is 0. The van der Waals surface area contributed by atoms with Gasteiger partial charge in [0.1, 0.15) is 6.07 Å². The van der Waals surface area contributed by atoms with Crippen molar-refractivity contribution < 1.29 is 10.0 Å². The van der Waals surface area contributed by atoms with Crippen LogP contribution in [-0.4, -0.2) is 21.2 Å². The highest BCUT2D eigenvalue weighted by Crippen LogP contribution is 2.29. The van der Waals surface area contributed by atoms with E-state index in [9.17, 15) is 15.2 Å². The Labute approximate surface area is 111 Å². The molecule has 0 saturated heterocycles. The number of nitriles is 1. The minimum atomic E-state index is -1.03. The zero-order valence-corrected chi connectivity index (χ0v) is 11.4. The summed E-state index contributed by atoms with van der Waals surface area (Å²) in [5.41, 5.74) is -1.23.